The van der Waals surface area contributed by atoms with Crippen molar-refractivity contribution in [3.8, 4) is 0 Å². The van der Waals surface area contributed by atoms with E-state index in [1.165, 1.54) is 0 Å². The van der Waals surface area contributed by atoms with Gasteiger partial charge in [0, 0.05) is 50.3 Å². The molecule has 1 aliphatic heterocycles. The van der Waals surface area contributed by atoms with E-state index in [9.17, 15) is 19.5 Å². The van der Waals surface area contributed by atoms with Crippen molar-refractivity contribution < 1.29 is 19.5 Å². The van der Waals surface area contributed by atoms with E-state index >= 15 is 0 Å². The highest BCUT2D eigenvalue weighted by molar-refractivity contribution is 5.96. The first-order valence-electron chi connectivity index (χ1n) is 12.0. The van der Waals surface area contributed by atoms with Crippen LogP contribution in [0.15, 0.2) is 73.1 Å². The Hall–Kier alpha value is -4.20. The van der Waals surface area contributed by atoms with Gasteiger partial charge in [0.05, 0.1) is 6.42 Å². The highest BCUT2D eigenvalue weighted by atomic mass is 16.4. The molecule has 36 heavy (non-hydrogen) atoms. The number of carbonyl (C=O) groups is 3. The first-order chi connectivity index (χ1) is 17.4. The van der Waals surface area contributed by atoms with Gasteiger partial charge in [0.25, 0.3) is 5.91 Å². The third-order valence-electron chi connectivity index (χ3n) is 6.38. The molecular weight excluding hydrogens is 456 g/mol. The predicted octanol–water partition coefficient (Wildman–Crippen LogP) is 3.24. The number of nitrogens with zero attached hydrogens (tertiary/aromatic N) is 3. The van der Waals surface area contributed by atoms with E-state index in [1.807, 2.05) is 48.5 Å². The third-order valence-corrected chi connectivity index (χ3v) is 6.38. The molecule has 0 radical (unpaired) electrons. The van der Waals surface area contributed by atoms with Crippen LogP contribution in [0.1, 0.15) is 33.5 Å². The number of carbonyl (C=O) groups excluding carboxylic acids is 2. The fourth-order valence-electron chi connectivity index (χ4n) is 4.31. The van der Waals surface area contributed by atoms with Gasteiger partial charge >= 0.3 is 5.97 Å². The summed E-state index contributed by atoms with van der Waals surface area (Å²) in [7, 11) is 1.75. The fourth-order valence-corrected chi connectivity index (χ4v) is 4.31. The number of aromatic nitrogens is 1. The lowest BCUT2D eigenvalue weighted by Crippen LogP contribution is -2.42. The lowest BCUT2D eigenvalue weighted by molar-refractivity contribution is -0.141. The number of fused-ring (bicyclic) bond motifs is 1. The van der Waals surface area contributed by atoms with Gasteiger partial charge in [-0.3, -0.25) is 19.4 Å². The zero-order valence-electron chi connectivity index (χ0n) is 20.3. The van der Waals surface area contributed by atoms with Crippen LogP contribution in [-0.2, 0) is 29.0 Å². The lowest BCUT2D eigenvalue weighted by atomic mass is 10.1. The van der Waals surface area contributed by atoms with Gasteiger partial charge in [-0.05, 0) is 53.8 Å². The Kier molecular flexibility index (Phi) is 7.95. The number of anilines is 1. The topological polar surface area (TPSA) is 103 Å². The van der Waals surface area contributed by atoms with Gasteiger partial charge in [-0.1, -0.05) is 36.4 Å². The van der Waals surface area contributed by atoms with Gasteiger partial charge in [-0.2, -0.15) is 0 Å². The van der Waals surface area contributed by atoms with Crippen LogP contribution in [-0.4, -0.2) is 63.9 Å². The first kappa shape index (κ1) is 24.9. The van der Waals surface area contributed by atoms with Gasteiger partial charge in [-0.15, -0.1) is 0 Å². The van der Waals surface area contributed by atoms with Crippen molar-refractivity contribution in [3.63, 3.8) is 0 Å². The van der Waals surface area contributed by atoms with Crippen LogP contribution < -0.4 is 5.32 Å². The Labute approximate surface area is 210 Å². The van der Waals surface area contributed by atoms with E-state index in [2.05, 4.69) is 10.3 Å². The smallest absolute Gasteiger partial charge is 0.305 e. The first-order valence-corrected chi connectivity index (χ1v) is 12.0. The van der Waals surface area contributed by atoms with Crippen molar-refractivity contribution in [2.24, 2.45) is 0 Å². The molecule has 0 saturated heterocycles. The largest absolute Gasteiger partial charge is 0.481 e. The molecule has 0 saturated carbocycles. The van der Waals surface area contributed by atoms with Crippen LogP contribution in [0.5, 0.6) is 0 Å². The van der Waals surface area contributed by atoms with Crippen LogP contribution >= 0.6 is 0 Å². The van der Waals surface area contributed by atoms with Crippen molar-refractivity contribution in [1.82, 2.24) is 14.8 Å². The molecule has 8 nitrogen and oxygen atoms in total. The Balaban J connectivity index is 1.51. The number of carboxylic acids is 1. The number of nitrogens with one attached hydrogen (secondary N) is 1. The van der Waals surface area contributed by atoms with E-state index in [0.29, 0.717) is 43.7 Å². The molecule has 8 heteroatoms. The molecule has 1 aromatic heterocycles. The molecule has 3 aromatic rings. The van der Waals surface area contributed by atoms with Gasteiger partial charge in [0.15, 0.2) is 0 Å². The standard InChI is InChI=1S/C28H30N4O4/c1-31(15-11-21-9-13-29-14-10-21)27(35)22-7-8-23-19-32(16-12-20-5-3-2-4-6-20)28(36)25(18-26(33)34)30-24(23)17-22/h2-10,13-14,17,25,30H,11-12,15-16,18-19H2,1H3,(H,33,34)/t25-/m1/s1. The molecule has 0 bridgehead atoms. The molecular formula is C28H30N4O4. The minimum absolute atomic E-state index is 0.139. The van der Waals surface area contributed by atoms with Gasteiger partial charge < -0.3 is 20.2 Å². The molecule has 1 atom stereocenters. The van der Waals surface area contributed by atoms with Gasteiger partial charge in [0.2, 0.25) is 5.91 Å². The predicted molar refractivity (Wildman–Crippen MR) is 137 cm³/mol. The molecule has 2 heterocycles. The molecule has 2 amide bonds. The zero-order valence-corrected chi connectivity index (χ0v) is 20.3. The third kappa shape index (κ3) is 6.27. The number of carboxylic acid groups (broad SMARTS) is 1. The Morgan fingerprint density at radius 1 is 1.06 bits per heavy atom. The van der Waals surface area contributed by atoms with Crippen molar-refractivity contribution in [2.75, 3.05) is 25.5 Å². The molecule has 2 N–H and O–H groups in total. The molecule has 1 aliphatic rings. The quantitative estimate of drug-likeness (QED) is 0.481. The molecule has 0 aliphatic carbocycles. The van der Waals surface area contributed by atoms with Crippen LogP contribution in [0.25, 0.3) is 0 Å². The highest BCUT2D eigenvalue weighted by Crippen LogP contribution is 2.26. The summed E-state index contributed by atoms with van der Waals surface area (Å²) in [6.45, 7) is 1.36. The molecule has 0 spiro atoms. The Morgan fingerprint density at radius 3 is 2.50 bits per heavy atom. The lowest BCUT2D eigenvalue weighted by Gasteiger charge is -2.24. The summed E-state index contributed by atoms with van der Waals surface area (Å²) in [5, 5.41) is 12.5. The second-order valence-electron chi connectivity index (χ2n) is 8.99. The summed E-state index contributed by atoms with van der Waals surface area (Å²) < 4.78 is 0. The summed E-state index contributed by atoms with van der Waals surface area (Å²) >= 11 is 0. The number of pyridine rings is 1. The minimum Gasteiger partial charge on any atom is -0.481 e. The normalized spacial score (nSPS) is 15.0. The van der Waals surface area contributed by atoms with Crippen molar-refractivity contribution in [3.05, 3.63) is 95.3 Å². The number of rotatable bonds is 9. The summed E-state index contributed by atoms with van der Waals surface area (Å²) in [6, 6.07) is 18.1. The van der Waals surface area contributed by atoms with E-state index in [4.69, 9.17) is 0 Å². The minimum atomic E-state index is -1.06. The maximum absolute atomic E-state index is 13.2. The van der Waals surface area contributed by atoms with Crippen molar-refractivity contribution >= 4 is 23.5 Å². The van der Waals surface area contributed by atoms with Crippen LogP contribution in [0.4, 0.5) is 5.69 Å². The SMILES string of the molecule is CN(CCc1ccncc1)C(=O)c1ccc2c(c1)N[C@H](CC(=O)O)C(=O)N(CCc1ccccc1)C2. The van der Waals surface area contributed by atoms with Crippen molar-refractivity contribution in [2.45, 2.75) is 31.8 Å². The number of likely N-dealkylation sites (N-methyl/N-ethyl adjacent to an activating group) is 1. The molecule has 0 unspecified atom stereocenters. The number of hydrogen-bond donors (Lipinski definition) is 2. The number of amides is 2. The van der Waals surface area contributed by atoms with Gasteiger partial charge in [-0.25, -0.2) is 0 Å². The fraction of sp³-hybridized carbons (Fsp3) is 0.286. The van der Waals surface area contributed by atoms with E-state index < -0.39 is 12.0 Å². The summed E-state index contributed by atoms with van der Waals surface area (Å²) in [5.41, 5.74) is 4.15. The Morgan fingerprint density at radius 2 is 1.78 bits per heavy atom. The molecule has 186 valence electrons. The van der Waals surface area contributed by atoms with Gasteiger partial charge in [0.1, 0.15) is 6.04 Å². The van der Waals surface area contributed by atoms with Crippen LogP contribution in [0.3, 0.4) is 0 Å². The average Bonchev–Trinajstić information content (AvgIpc) is 3.02. The maximum Gasteiger partial charge on any atom is 0.305 e. The van der Waals surface area contributed by atoms with E-state index in [1.54, 1.807) is 41.4 Å². The second kappa shape index (κ2) is 11.5. The number of hydrogen-bond acceptors (Lipinski definition) is 5. The summed E-state index contributed by atoms with van der Waals surface area (Å²) in [4.78, 5) is 45.2. The second-order valence-corrected chi connectivity index (χ2v) is 8.99. The molecule has 0 fully saturated rings. The van der Waals surface area contributed by atoms with Crippen LogP contribution in [0, 0.1) is 0 Å². The number of aliphatic carboxylic acids is 1. The van der Waals surface area contributed by atoms with Crippen molar-refractivity contribution in [1.29, 1.82) is 0 Å². The Bertz CT molecular complexity index is 1220. The average molecular weight is 487 g/mol. The summed E-state index contributed by atoms with van der Waals surface area (Å²) in [6.07, 6.45) is 4.49. The highest BCUT2D eigenvalue weighted by Gasteiger charge is 2.31. The number of benzene rings is 2. The maximum atomic E-state index is 13.2. The van der Waals surface area contributed by atoms with E-state index in [-0.39, 0.29) is 18.2 Å². The summed E-state index contributed by atoms with van der Waals surface area (Å²) in [5.74, 6) is -1.46. The monoisotopic (exact) mass is 486 g/mol. The van der Waals surface area contributed by atoms with Crippen LogP contribution in [0.2, 0.25) is 0 Å². The zero-order chi connectivity index (χ0) is 25.5. The molecule has 2 aromatic carbocycles. The molecule has 4 rings (SSSR count). The van der Waals surface area contributed by atoms with E-state index in [0.717, 1.165) is 16.7 Å².